The molecule has 1 aromatic carbocycles. The molecule has 1 heterocycles. The van der Waals surface area contributed by atoms with E-state index in [9.17, 15) is 13.9 Å². The van der Waals surface area contributed by atoms with Gasteiger partial charge in [0.1, 0.15) is 17.1 Å². The van der Waals surface area contributed by atoms with Gasteiger partial charge in [-0.3, -0.25) is 0 Å². The zero-order valence-corrected chi connectivity index (χ0v) is 20.4. The Morgan fingerprint density at radius 3 is 2.55 bits per heavy atom. The maximum atomic E-state index is 12.6. The molecular weight excluding hydrogens is 523 g/mol. The van der Waals surface area contributed by atoms with Crippen LogP contribution in [0.1, 0.15) is 30.9 Å². The number of halogens is 3. The Labute approximate surface area is 198 Å². The molecule has 2 aromatic rings. The Kier molecular flexibility index (Phi) is 11.0. The first-order valence-electron chi connectivity index (χ1n) is 9.68. The molecule has 0 radical (unpaired) electrons. The van der Waals surface area contributed by atoms with Crippen LogP contribution in [0.15, 0.2) is 39.7 Å². The molecule has 0 fully saturated rings. The molecule has 1 atom stereocenters. The fourth-order valence-corrected chi connectivity index (χ4v) is 2.77. The van der Waals surface area contributed by atoms with Crippen molar-refractivity contribution in [2.24, 2.45) is 4.99 Å². The van der Waals surface area contributed by atoms with Gasteiger partial charge in [0.05, 0.1) is 13.7 Å². The number of benzene rings is 1. The zero-order chi connectivity index (χ0) is 22.1. The molecule has 0 amide bonds. The molecule has 31 heavy (non-hydrogen) atoms. The number of ether oxygens (including phenoxy) is 2. The summed E-state index contributed by atoms with van der Waals surface area (Å²) in [6, 6.07) is 8.42. The molecule has 2 rings (SSSR count). The topological polar surface area (TPSA) is 88.3 Å². The van der Waals surface area contributed by atoms with E-state index in [0.29, 0.717) is 37.0 Å². The lowest BCUT2D eigenvalue weighted by Gasteiger charge is -2.19. The number of nitrogens with zero attached hydrogens (tertiary/aromatic N) is 1. The number of methoxy groups -OCH3 is 1. The molecule has 1 aromatic heterocycles. The predicted molar refractivity (Wildman–Crippen MR) is 126 cm³/mol. The van der Waals surface area contributed by atoms with Crippen LogP contribution < -0.4 is 20.1 Å². The Morgan fingerprint density at radius 2 is 1.97 bits per heavy atom. The van der Waals surface area contributed by atoms with Crippen molar-refractivity contribution in [1.82, 2.24) is 10.6 Å². The highest BCUT2D eigenvalue weighted by Gasteiger charge is 2.26. The Bertz CT molecular complexity index is 844. The van der Waals surface area contributed by atoms with E-state index in [0.717, 1.165) is 5.56 Å². The van der Waals surface area contributed by atoms with Crippen LogP contribution in [-0.2, 0) is 12.0 Å². The van der Waals surface area contributed by atoms with E-state index >= 15 is 0 Å². The maximum absolute atomic E-state index is 12.6. The molecule has 7 nitrogen and oxygen atoms in total. The van der Waals surface area contributed by atoms with E-state index in [2.05, 4.69) is 20.4 Å². The highest BCUT2D eigenvalue weighted by atomic mass is 127. The van der Waals surface area contributed by atoms with Crippen LogP contribution in [-0.4, -0.2) is 44.4 Å². The Morgan fingerprint density at radius 1 is 1.23 bits per heavy atom. The second kappa shape index (κ2) is 12.7. The van der Waals surface area contributed by atoms with Crippen LogP contribution in [0.2, 0.25) is 0 Å². The number of guanidine groups is 1. The van der Waals surface area contributed by atoms with Gasteiger partial charge in [-0.1, -0.05) is 6.07 Å². The first kappa shape index (κ1) is 27.0. The minimum atomic E-state index is -2.93. The van der Waals surface area contributed by atoms with Crippen molar-refractivity contribution in [1.29, 1.82) is 0 Å². The normalized spacial score (nSPS) is 13.4. The number of furan rings is 1. The van der Waals surface area contributed by atoms with Crippen molar-refractivity contribution in [2.45, 2.75) is 39.4 Å². The zero-order valence-electron chi connectivity index (χ0n) is 18.1. The standard InChI is InChI=1S/C21H29F2N3O4.HI/c1-5-24-20(26-13-21(3,27)18-9-6-14(2)29-18)25-11-10-15-7-8-16(28-4)17(12-15)30-19(22)23;/h6-9,12,19,27H,5,10-11,13H2,1-4H3,(H2,24,25,26);1H. The minimum Gasteiger partial charge on any atom is -0.493 e. The molecule has 10 heteroatoms. The molecule has 0 aliphatic heterocycles. The summed E-state index contributed by atoms with van der Waals surface area (Å²) < 4.78 is 40.2. The van der Waals surface area contributed by atoms with E-state index < -0.39 is 12.2 Å². The van der Waals surface area contributed by atoms with E-state index in [1.807, 2.05) is 13.8 Å². The van der Waals surface area contributed by atoms with Crippen LogP contribution in [0.5, 0.6) is 11.5 Å². The third-order valence-corrected chi connectivity index (χ3v) is 4.31. The van der Waals surface area contributed by atoms with Gasteiger partial charge in [-0.15, -0.1) is 24.0 Å². The van der Waals surface area contributed by atoms with Crippen LogP contribution in [0.3, 0.4) is 0 Å². The summed E-state index contributed by atoms with van der Waals surface area (Å²) in [4.78, 5) is 4.43. The molecule has 0 aliphatic carbocycles. The Balaban J connectivity index is 0.00000480. The maximum Gasteiger partial charge on any atom is 0.387 e. The molecule has 174 valence electrons. The third-order valence-electron chi connectivity index (χ3n) is 4.31. The lowest BCUT2D eigenvalue weighted by atomic mass is 10.0. The third kappa shape index (κ3) is 8.52. The van der Waals surface area contributed by atoms with Gasteiger partial charge in [0.15, 0.2) is 17.5 Å². The van der Waals surface area contributed by atoms with Crippen molar-refractivity contribution in [3.8, 4) is 11.5 Å². The molecule has 3 N–H and O–H groups in total. The van der Waals surface area contributed by atoms with Crippen LogP contribution in [0, 0.1) is 6.92 Å². The van der Waals surface area contributed by atoms with E-state index in [-0.39, 0.29) is 42.0 Å². The molecule has 0 aliphatic rings. The number of hydrogen-bond acceptors (Lipinski definition) is 5. The average molecular weight is 553 g/mol. The van der Waals surface area contributed by atoms with Crippen molar-refractivity contribution >= 4 is 29.9 Å². The van der Waals surface area contributed by atoms with Gasteiger partial charge >= 0.3 is 6.61 Å². The highest BCUT2D eigenvalue weighted by Crippen LogP contribution is 2.29. The van der Waals surface area contributed by atoms with Gasteiger partial charge < -0.3 is 29.6 Å². The van der Waals surface area contributed by atoms with E-state index in [4.69, 9.17) is 9.15 Å². The predicted octanol–water partition coefficient (Wildman–Crippen LogP) is 3.82. The van der Waals surface area contributed by atoms with Crippen molar-refractivity contribution in [3.63, 3.8) is 0 Å². The van der Waals surface area contributed by atoms with Gasteiger partial charge in [-0.2, -0.15) is 8.78 Å². The summed E-state index contributed by atoms with van der Waals surface area (Å²) >= 11 is 0. The van der Waals surface area contributed by atoms with Crippen LogP contribution >= 0.6 is 24.0 Å². The number of aliphatic imine (C=N–C) groups is 1. The fraction of sp³-hybridized carbons (Fsp3) is 0.476. The number of aliphatic hydroxyl groups is 1. The SMILES string of the molecule is CCNC(=NCC(C)(O)c1ccc(C)o1)NCCc1ccc(OC)c(OC(F)F)c1.I. The molecule has 0 spiro atoms. The van der Waals surface area contributed by atoms with Gasteiger partial charge in [0.2, 0.25) is 0 Å². The number of nitrogens with one attached hydrogen (secondary N) is 2. The quantitative estimate of drug-likeness (QED) is 0.236. The van der Waals surface area contributed by atoms with Gasteiger partial charge in [0.25, 0.3) is 0 Å². The number of alkyl halides is 2. The summed E-state index contributed by atoms with van der Waals surface area (Å²) in [5.41, 5.74) is -0.443. The molecular formula is C21H30F2IN3O4. The second-order valence-corrected chi connectivity index (χ2v) is 6.92. The summed E-state index contributed by atoms with van der Waals surface area (Å²) in [5.74, 6) is 1.93. The number of rotatable bonds is 10. The summed E-state index contributed by atoms with van der Waals surface area (Å²) in [6.45, 7) is 3.70. The summed E-state index contributed by atoms with van der Waals surface area (Å²) in [5, 5.41) is 16.9. The molecule has 0 saturated heterocycles. The lowest BCUT2D eigenvalue weighted by molar-refractivity contribution is -0.0512. The smallest absolute Gasteiger partial charge is 0.387 e. The van der Waals surface area contributed by atoms with E-state index in [1.165, 1.54) is 13.2 Å². The van der Waals surface area contributed by atoms with Crippen molar-refractivity contribution < 1.29 is 27.8 Å². The molecule has 0 bridgehead atoms. The molecule has 1 unspecified atom stereocenters. The average Bonchev–Trinajstić information content (AvgIpc) is 3.13. The minimum absolute atomic E-state index is 0. The summed E-state index contributed by atoms with van der Waals surface area (Å²) in [7, 11) is 1.40. The summed E-state index contributed by atoms with van der Waals surface area (Å²) in [6.07, 6.45) is 0.543. The van der Waals surface area contributed by atoms with Gasteiger partial charge in [0, 0.05) is 13.1 Å². The van der Waals surface area contributed by atoms with E-state index in [1.54, 1.807) is 31.2 Å². The fourth-order valence-electron chi connectivity index (χ4n) is 2.77. The Hall–Kier alpha value is -2.08. The van der Waals surface area contributed by atoms with Gasteiger partial charge in [-0.25, -0.2) is 4.99 Å². The number of hydrogen-bond donors (Lipinski definition) is 3. The number of aryl methyl sites for hydroxylation is 1. The first-order valence-corrected chi connectivity index (χ1v) is 9.68. The second-order valence-electron chi connectivity index (χ2n) is 6.92. The monoisotopic (exact) mass is 553 g/mol. The van der Waals surface area contributed by atoms with Gasteiger partial charge in [-0.05, 0) is 57.0 Å². The lowest BCUT2D eigenvalue weighted by Crippen LogP contribution is -2.39. The van der Waals surface area contributed by atoms with Crippen LogP contribution in [0.4, 0.5) is 8.78 Å². The first-order chi connectivity index (χ1) is 14.2. The van der Waals surface area contributed by atoms with Crippen molar-refractivity contribution in [2.75, 3.05) is 26.7 Å². The molecule has 0 saturated carbocycles. The highest BCUT2D eigenvalue weighted by molar-refractivity contribution is 14.0. The van der Waals surface area contributed by atoms with Crippen molar-refractivity contribution in [3.05, 3.63) is 47.4 Å². The van der Waals surface area contributed by atoms with Crippen LogP contribution in [0.25, 0.3) is 0 Å². The largest absolute Gasteiger partial charge is 0.493 e.